The molecule has 1 aromatic heterocycles. The number of aryl methyl sites for hydroxylation is 1. The Morgan fingerprint density at radius 1 is 1.40 bits per heavy atom. The third-order valence-electron chi connectivity index (χ3n) is 4.42. The molecule has 5 nitrogen and oxygen atoms in total. The molecular formula is C15H25N3O2. The summed E-state index contributed by atoms with van der Waals surface area (Å²) in [5.74, 6) is 1.19. The highest BCUT2D eigenvalue weighted by Crippen LogP contribution is 2.29. The van der Waals surface area contributed by atoms with Crippen molar-refractivity contribution in [3.05, 3.63) is 17.5 Å². The number of fused-ring (bicyclic) bond motifs is 1. The van der Waals surface area contributed by atoms with Gasteiger partial charge in [0.05, 0.1) is 12.3 Å². The van der Waals surface area contributed by atoms with Crippen LogP contribution in [0.3, 0.4) is 0 Å². The Morgan fingerprint density at radius 3 is 2.95 bits per heavy atom. The summed E-state index contributed by atoms with van der Waals surface area (Å²) in [5.41, 5.74) is 2.60. The highest BCUT2D eigenvalue weighted by atomic mass is 16.5. The molecule has 0 spiro atoms. The average molecular weight is 279 g/mol. The molecule has 2 aliphatic rings. The Labute approximate surface area is 120 Å². The Hall–Kier alpha value is -0.910. The molecule has 0 unspecified atom stereocenters. The first-order chi connectivity index (χ1) is 9.76. The van der Waals surface area contributed by atoms with Crippen molar-refractivity contribution in [1.82, 2.24) is 14.7 Å². The summed E-state index contributed by atoms with van der Waals surface area (Å²) in [5, 5.41) is 4.62. The zero-order valence-electron chi connectivity index (χ0n) is 12.5. The van der Waals surface area contributed by atoms with Gasteiger partial charge in [0, 0.05) is 64.7 Å². The Morgan fingerprint density at radius 2 is 2.20 bits per heavy atom. The predicted molar refractivity (Wildman–Crippen MR) is 76.6 cm³/mol. The number of aromatic nitrogens is 2. The summed E-state index contributed by atoms with van der Waals surface area (Å²) in [4.78, 5) is 2.57. The number of methoxy groups -OCH3 is 1. The van der Waals surface area contributed by atoms with Gasteiger partial charge >= 0.3 is 0 Å². The number of nitrogens with zero attached hydrogens (tertiary/aromatic N) is 3. The molecule has 0 amide bonds. The van der Waals surface area contributed by atoms with Crippen LogP contribution in [0.15, 0.2) is 6.20 Å². The van der Waals surface area contributed by atoms with Crippen molar-refractivity contribution in [3.63, 3.8) is 0 Å². The minimum atomic E-state index is 0.407. The van der Waals surface area contributed by atoms with Crippen LogP contribution in [0.25, 0.3) is 0 Å². The largest absolute Gasteiger partial charge is 0.384 e. The van der Waals surface area contributed by atoms with Gasteiger partial charge in [0.1, 0.15) is 0 Å². The van der Waals surface area contributed by atoms with Crippen LogP contribution < -0.4 is 0 Å². The summed E-state index contributed by atoms with van der Waals surface area (Å²) >= 11 is 0. The van der Waals surface area contributed by atoms with Crippen molar-refractivity contribution < 1.29 is 9.47 Å². The maximum Gasteiger partial charge on any atom is 0.0736 e. The van der Waals surface area contributed by atoms with Crippen LogP contribution in [0.1, 0.15) is 30.0 Å². The zero-order valence-corrected chi connectivity index (χ0v) is 12.5. The third kappa shape index (κ3) is 3.05. The van der Waals surface area contributed by atoms with E-state index in [9.17, 15) is 0 Å². The van der Waals surface area contributed by atoms with Crippen molar-refractivity contribution >= 4 is 0 Å². The summed E-state index contributed by atoms with van der Waals surface area (Å²) < 4.78 is 12.8. The number of hydrogen-bond donors (Lipinski definition) is 0. The molecule has 1 atom stereocenters. The molecule has 3 heterocycles. The standard InChI is InChI=1S/C15H25N3O2/c1-17-8-13-9-18(7-12-3-5-20-6-4-12)10-14(11-19-2)15(13)16-17/h8,12,14H,3-7,9-11H2,1-2H3/t14-/m0/s1. The van der Waals surface area contributed by atoms with Crippen molar-refractivity contribution in [3.8, 4) is 0 Å². The van der Waals surface area contributed by atoms with Crippen molar-refractivity contribution in [2.24, 2.45) is 13.0 Å². The minimum Gasteiger partial charge on any atom is -0.384 e. The lowest BCUT2D eigenvalue weighted by molar-refractivity contribution is 0.0461. The molecule has 0 aliphatic carbocycles. The van der Waals surface area contributed by atoms with Gasteiger partial charge in [-0.15, -0.1) is 0 Å². The molecule has 0 saturated carbocycles. The molecule has 0 radical (unpaired) electrons. The van der Waals surface area contributed by atoms with E-state index in [1.54, 1.807) is 7.11 Å². The van der Waals surface area contributed by atoms with E-state index in [4.69, 9.17) is 9.47 Å². The molecule has 0 aromatic carbocycles. The maximum atomic E-state index is 5.46. The highest BCUT2D eigenvalue weighted by molar-refractivity contribution is 5.24. The molecule has 5 heteroatoms. The number of ether oxygens (including phenoxy) is 2. The fourth-order valence-corrected chi connectivity index (χ4v) is 3.49. The van der Waals surface area contributed by atoms with Gasteiger partial charge in [0.2, 0.25) is 0 Å². The van der Waals surface area contributed by atoms with Gasteiger partial charge in [-0.25, -0.2) is 0 Å². The predicted octanol–water partition coefficient (Wildman–Crippen LogP) is 1.39. The van der Waals surface area contributed by atoms with E-state index < -0.39 is 0 Å². The SMILES string of the molecule is COC[C@@H]1CN(CC2CCOCC2)Cc2cn(C)nc21. The van der Waals surface area contributed by atoms with Crippen molar-refractivity contribution in [1.29, 1.82) is 0 Å². The normalized spacial score (nSPS) is 24.8. The van der Waals surface area contributed by atoms with Crippen molar-refractivity contribution in [2.45, 2.75) is 25.3 Å². The lowest BCUT2D eigenvalue weighted by atomic mass is 9.94. The van der Waals surface area contributed by atoms with Crippen LogP contribution in [0.5, 0.6) is 0 Å². The lowest BCUT2D eigenvalue weighted by Crippen LogP contribution is -2.39. The first-order valence-electron chi connectivity index (χ1n) is 7.57. The van der Waals surface area contributed by atoms with E-state index in [0.717, 1.165) is 38.8 Å². The molecule has 1 saturated heterocycles. The molecule has 0 N–H and O–H groups in total. The molecule has 0 bridgehead atoms. The smallest absolute Gasteiger partial charge is 0.0736 e. The van der Waals surface area contributed by atoms with Crippen LogP contribution in [-0.4, -0.2) is 54.7 Å². The maximum absolute atomic E-state index is 5.46. The average Bonchev–Trinajstić information content (AvgIpc) is 2.81. The highest BCUT2D eigenvalue weighted by Gasteiger charge is 2.29. The molecule has 1 aromatic rings. The van der Waals surface area contributed by atoms with Crippen LogP contribution in [0.2, 0.25) is 0 Å². The quantitative estimate of drug-likeness (QED) is 0.835. The number of rotatable bonds is 4. The van der Waals surface area contributed by atoms with Gasteiger partial charge in [-0.3, -0.25) is 9.58 Å². The van der Waals surface area contributed by atoms with E-state index in [-0.39, 0.29) is 0 Å². The number of hydrogen-bond acceptors (Lipinski definition) is 4. The second-order valence-electron chi connectivity index (χ2n) is 6.12. The fourth-order valence-electron chi connectivity index (χ4n) is 3.49. The Kier molecular flexibility index (Phi) is 4.38. The third-order valence-corrected chi connectivity index (χ3v) is 4.42. The van der Waals surface area contributed by atoms with Crippen LogP contribution in [-0.2, 0) is 23.1 Å². The first kappa shape index (κ1) is 14.0. The van der Waals surface area contributed by atoms with Gasteiger partial charge in [-0.05, 0) is 18.8 Å². The van der Waals surface area contributed by atoms with Gasteiger partial charge in [-0.2, -0.15) is 5.10 Å². The van der Waals surface area contributed by atoms with E-state index in [1.165, 1.54) is 30.6 Å². The van der Waals surface area contributed by atoms with Crippen molar-refractivity contribution in [2.75, 3.05) is 40.0 Å². The summed E-state index contributed by atoms with van der Waals surface area (Å²) in [7, 11) is 3.78. The van der Waals surface area contributed by atoms with Gasteiger partial charge in [-0.1, -0.05) is 0 Å². The molecule has 1 fully saturated rings. The topological polar surface area (TPSA) is 39.5 Å². The van der Waals surface area contributed by atoms with Gasteiger partial charge < -0.3 is 9.47 Å². The van der Waals surface area contributed by atoms with Crippen LogP contribution in [0.4, 0.5) is 0 Å². The van der Waals surface area contributed by atoms with E-state index in [2.05, 4.69) is 16.2 Å². The molecular weight excluding hydrogens is 254 g/mol. The molecule has 20 heavy (non-hydrogen) atoms. The second kappa shape index (κ2) is 6.24. The van der Waals surface area contributed by atoms with E-state index in [1.807, 2.05) is 11.7 Å². The summed E-state index contributed by atoms with van der Waals surface area (Å²) in [6.07, 6.45) is 4.56. The van der Waals surface area contributed by atoms with Crippen LogP contribution in [0, 0.1) is 5.92 Å². The second-order valence-corrected chi connectivity index (χ2v) is 6.12. The van der Waals surface area contributed by atoms with Gasteiger partial charge in [0.25, 0.3) is 0 Å². The van der Waals surface area contributed by atoms with E-state index >= 15 is 0 Å². The lowest BCUT2D eigenvalue weighted by Gasteiger charge is -2.35. The molecule has 2 aliphatic heterocycles. The molecule has 112 valence electrons. The fraction of sp³-hybridized carbons (Fsp3) is 0.800. The van der Waals surface area contributed by atoms with Gasteiger partial charge in [0.15, 0.2) is 0 Å². The minimum absolute atomic E-state index is 0.407. The summed E-state index contributed by atoms with van der Waals surface area (Å²) in [6.45, 7) is 5.89. The van der Waals surface area contributed by atoms with E-state index in [0.29, 0.717) is 5.92 Å². The van der Waals surface area contributed by atoms with Crippen LogP contribution >= 0.6 is 0 Å². The first-order valence-corrected chi connectivity index (χ1v) is 7.57. The Bertz CT molecular complexity index is 440. The molecule has 3 rings (SSSR count). The summed E-state index contributed by atoms with van der Waals surface area (Å²) in [6, 6.07) is 0. The zero-order chi connectivity index (χ0) is 13.9. The Balaban J connectivity index is 1.68. The monoisotopic (exact) mass is 279 g/mol.